The van der Waals surface area contributed by atoms with Crippen LogP contribution in [0.25, 0.3) is 28.2 Å². The predicted molar refractivity (Wildman–Crippen MR) is 132 cm³/mol. The molecular weight excluding hydrogens is 446 g/mol. The summed E-state index contributed by atoms with van der Waals surface area (Å²) in [5.41, 5.74) is 5.29. The average molecular weight is 476 g/mol. The van der Waals surface area contributed by atoms with Crippen molar-refractivity contribution in [3.8, 4) is 34.0 Å². The van der Waals surface area contributed by atoms with Crippen molar-refractivity contribution in [1.82, 2.24) is 24.5 Å². The molecule has 35 heavy (non-hydrogen) atoms. The second-order valence-corrected chi connectivity index (χ2v) is 8.62. The minimum atomic E-state index is -0.144. The van der Waals surface area contributed by atoms with Gasteiger partial charge in [-0.3, -0.25) is 9.48 Å². The highest BCUT2D eigenvalue weighted by molar-refractivity contribution is 5.97. The highest BCUT2D eigenvalue weighted by atomic mass is 16.5. The van der Waals surface area contributed by atoms with Gasteiger partial charge >= 0.3 is 0 Å². The van der Waals surface area contributed by atoms with E-state index in [0.717, 1.165) is 33.8 Å². The van der Waals surface area contributed by atoms with Gasteiger partial charge in [0.05, 0.1) is 43.5 Å². The molecule has 0 spiro atoms. The lowest BCUT2D eigenvalue weighted by atomic mass is 9.97. The van der Waals surface area contributed by atoms with Gasteiger partial charge in [0.2, 0.25) is 0 Å². The molecule has 1 saturated heterocycles. The van der Waals surface area contributed by atoms with Gasteiger partial charge in [-0.2, -0.15) is 10.2 Å². The van der Waals surface area contributed by atoms with Gasteiger partial charge in [0, 0.05) is 43.0 Å². The zero-order valence-corrected chi connectivity index (χ0v) is 20.6. The summed E-state index contributed by atoms with van der Waals surface area (Å²) in [7, 11) is 5.31. The van der Waals surface area contributed by atoms with Crippen molar-refractivity contribution in [2.24, 2.45) is 7.05 Å². The van der Waals surface area contributed by atoms with E-state index in [9.17, 15) is 4.79 Å². The van der Waals surface area contributed by atoms with E-state index in [2.05, 4.69) is 5.10 Å². The second-order valence-electron chi connectivity index (χ2n) is 8.62. The van der Waals surface area contributed by atoms with Gasteiger partial charge < -0.3 is 19.1 Å². The molecule has 2 aliphatic heterocycles. The van der Waals surface area contributed by atoms with E-state index >= 15 is 0 Å². The van der Waals surface area contributed by atoms with Crippen LogP contribution in [-0.4, -0.2) is 63.8 Å². The van der Waals surface area contributed by atoms with E-state index < -0.39 is 0 Å². The van der Waals surface area contributed by atoms with Crippen LogP contribution in [-0.2, 0) is 18.4 Å². The van der Waals surface area contributed by atoms with Crippen LogP contribution in [0, 0.1) is 0 Å². The van der Waals surface area contributed by atoms with Gasteiger partial charge in [-0.1, -0.05) is 12.2 Å². The predicted octanol–water partition coefficient (Wildman–Crippen LogP) is 3.76. The summed E-state index contributed by atoms with van der Waals surface area (Å²) in [6, 6.07) is 5.88. The smallest absolute Gasteiger partial charge is 0.274 e. The van der Waals surface area contributed by atoms with Crippen LogP contribution in [0.15, 0.2) is 42.6 Å². The third-order valence-corrected chi connectivity index (χ3v) is 6.47. The molecule has 0 unspecified atom stereocenters. The first-order valence-electron chi connectivity index (χ1n) is 11.6. The van der Waals surface area contributed by atoms with Gasteiger partial charge in [-0.15, -0.1) is 0 Å². The minimum absolute atomic E-state index is 0.0526. The summed E-state index contributed by atoms with van der Waals surface area (Å²) in [6.07, 6.45) is 7.80. The Morgan fingerprint density at radius 1 is 1.23 bits per heavy atom. The molecule has 5 rings (SSSR count). The van der Waals surface area contributed by atoms with Gasteiger partial charge in [0.1, 0.15) is 18.1 Å². The number of methoxy groups -OCH3 is 1. The van der Waals surface area contributed by atoms with Crippen LogP contribution in [0.4, 0.5) is 0 Å². The average Bonchev–Trinajstić information content (AvgIpc) is 3.43. The Bertz CT molecular complexity index is 1350. The number of ether oxygens (including phenoxy) is 3. The number of rotatable bonds is 6. The van der Waals surface area contributed by atoms with E-state index in [0.29, 0.717) is 30.4 Å². The normalized spacial score (nSPS) is 15.4. The Hall–Kier alpha value is -3.85. The van der Waals surface area contributed by atoms with Crippen molar-refractivity contribution >= 4 is 11.6 Å². The summed E-state index contributed by atoms with van der Waals surface area (Å²) >= 11 is 0. The number of aryl methyl sites for hydroxylation is 1. The molecule has 0 saturated carbocycles. The van der Waals surface area contributed by atoms with Gasteiger partial charge in [0.15, 0.2) is 5.69 Å². The van der Waals surface area contributed by atoms with E-state index in [4.69, 9.17) is 19.3 Å². The molecule has 4 heterocycles. The first kappa shape index (κ1) is 22.9. The van der Waals surface area contributed by atoms with E-state index in [1.165, 1.54) is 0 Å². The fraction of sp³-hybridized carbons (Fsp3) is 0.346. The number of amides is 1. The number of nitrogens with zero attached hydrogens (tertiary/aromatic N) is 5. The van der Waals surface area contributed by atoms with Crippen LogP contribution >= 0.6 is 0 Å². The number of likely N-dealkylation sites (N-methyl/N-ethyl adjacent to an activating group) is 1. The lowest BCUT2D eigenvalue weighted by molar-refractivity contribution is -0.0469. The second kappa shape index (κ2) is 9.07. The highest BCUT2D eigenvalue weighted by Crippen LogP contribution is 2.45. The van der Waals surface area contributed by atoms with Gasteiger partial charge in [-0.25, -0.2) is 4.68 Å². The number of aromatic nitrogens is 4. The Balaban J connectivity index is 1.72. The molecule has 182 valence electrons. The Kier molecular flexibility index (Phi) is 5.94. The molecule has 9 nitrogen and oxygen atoms in total. The first-order valence-corrected chi connectivity index (χ1v) is 11.6. The van der Waals surface area contributed by atoms with Crippen molar-refractivity contribution < 1.29 is 19.0 Å². The monoisotopic (exact) mass is 475 g/mol. The number of carbonyl (C=O) groups is 1. The van der Waals surface area contributed by atoms with E-state index in [1.54, 1.807) is 23.7 Å². The maximum absolute atomic E-state index is 13.5. The standard InChI is InChI=1S/C26H29N5O4/c1-6-8-16(7-2)31-25-19-11-18(21-9-10-29(3)27-21)22(33-5)12-23(19)35-15-20(25)24(28-31)26(32)30(4)17-13-34-14-17/h6-12,17H,13-15H2,1-5H3/b8-6-,16-7+. The molecule has 1 fully saturated rings. The molecule has 3 aromatic rings. The Morgan fingerprint density at radius 3 is 2.63 bits per heavy atom. The topological polar surface area (TPSA) is 83.6 Å². The van der Waals surface area contributed by atoms with E-state index in [1.807, 2.05) is 68.2 Å². The molecule has 1 amide bonds. The molecule has 2 aliphatic rings. The fourth-order valence-corrected chi connectivity index (χ4v) is 4.41. The zero-order chi connectivity index (χ0) is 24.7. The minimum Gasteiger partial charge on any atom is -0.496 e. The van der Waals surface area contributed by atoms with Crippen LogP contribution in [0.5, 0.6) is 11.5 Å². The fourth-order valence-electron chi connectivity index (χ4n) is 4.41. The first-order chi connectivity index (χ1) is 17.0. The Morgan fingerprint density at radius 2 is 2.03 bits per heavy atom. The summed E-state index contributed by atoms with van der Waals surface area (Å²) in [6.45, 7) is 5.22. The van der Waals surface area contributed by atoms with Crippen LogP contribution in [0.1, 0.15) is 29.9 Å². The molecule has 0 bridgehead atoms. The van der Waals surface area contributed by atoms with Crippen molar-refractivity contribution in [2.75, 3.05) is 27.4 Å². The summed E-state index contributed by atoms with van der Waals surface area (Å²) < 4.78 is 20.7. The molecule has 9 heteroatoms. The molecule has 0 atom stereocenters. The number of allylic oxidation sites excluding steroid dienone is 4. The molecule has 2 aromatic heterocycles. The van der Waals surface area contributed by atoms with E-state index in [-0.39, 0.29) is 18.6 Å². The van der Waals surface area contributed by atoms with Crippen molar-refractivity contribution in [2.45, 2.75) is 26.5 Å². The summed E-state index contributed by atoms with van der Waals surface area (Å²) in [5, 5.41) is 9.39. The third kappa shape index (κ3) is 3.81. The van der Waals surface area contributed by atoms with Gasteiger partial charge in [0.25, 0.3) is 5.91 Å². The third-order valence-electron chi connectivity index (χ3n) is 6.47. The number of benzene rings is 1. The molecule has 0 aliphatic carbocycles. The molecule has 0 radical (unpaired) electrons. The lowest BCUT2D eigenvalue weighted by Crippen LogP contribution is -2.49. The number of carbonyl (C=O) groups excluding carboxylic acids is 1. The maximum atomic E-state index is 13.5. The number of hydrogen-bond donors (Lipinski definition) is 0. The zero-order valence-electron chi connectivity index (χ0n) is 20.6. The molecular formula is C26H29N5O4. The highest BCUT2D eigenvalue weighted by Gasteiger charge is 2.35. The SMILES string of the molecule is C/C=C\C(=C/C)n1nc(C(=O)N(C)C2COC2)c2c1-c1cc(-c3ccn(C)n3)c(OC)cc1OC2. The Labute approximate surface area is 204 Å². The van der Waals surface area contributed by atoms with Crippen LogP contribution < -0.4 is 9.47 Å². The molecule has 0 N–H and O–H groups in total. The lowest BCUT2D eigenvalue weighted by Gasteiger charge is -2.34. The maximum Gasteiger partial charge on any atom is 0.274 e. The van der Waals surface area contributed by atoms with Crippen molar-refractivity contribution in [3.63, 3.8) is 0 Å². The number of fused-ring (bicyclic) bond motifs is 3. The van der Waals surface area contributed by atoms with Gasteiger partial charge in [-0.05, 0) is 32.1 Å². The summed E-state index contributed by atoms with van der Waals surface area (Å²) in [5.74, 6) is 1.19. The summed E-state index contributed by atoms with van der Waals surface area (Å²) in [4.78, 5) is 15.2. The van der Waals surface area contributed by atoms with Crippen molar-refractivity contribution in [1.29, 1.82) is 0 Å². The largest absolute Gasteiger partial charge is 0.496 e. The number of hydrogen-bond acceptors (Lipinski definition) is 6. The van der Waals surface area contributed by atoms with Crippen molar-refractivity contribution in [3.05, 3.63) is 53.9 Å². The molecule has 1 aromatic carbocycles. The van der Waals surface area contributed by atoms with Crippen LogP contribution in [0.2, 0.25) is 0 Å². The quantitative estimate of drug-likeness (QED) is 0.505. The van der Waals surface area contributed by atoms with Crippen LogP contribution in [0.3, 0.4) is 0 Å².